The average Bonchev–Trinajstić information content (AvgIpc) is 3.51. The molecule has 0 saturated heterocycles. The van der Waals surface area contributed by atoms with Gasteiger partial charge in [0.05, 0.1) is 25.4 Å². The number of hydrogen-bond acceptors (Lipinski definition) is 5. The summed E-state index contributed by atoms with van der Waals surface area (Å²) in [5.41, 5.74) is 0. The molecule has 0 aromatic heterocycles. The van der Waals surface area contributed by atoms with Crippen LogP contribution in [0.25, 0.3) is 0 Å². The van der Waals surface area contributed by atoms with Gasteiger partial charge in [0.15, 0.2) is 0 Å². The molecule has 0 saturated carbocycles. The van der Waals surface area contributed by atoms with Crippen LogP contribution in [0.4, 0.5) is 0 Å². The first-order valence-corrected chi connectivity index (χ1v) is 38.4. The Kier molecular flexibility index (Phi) is 72.4. The van der Waals surface area contributed by atoms with Crippen molar-refractivity contribution in [1.29, 1.82) is 0 Å². The smallest absolute Gasteiger partial charge is 0.305 e. The van der Waals surface area contributed by atoms with E-state index in [9.17, 15) is 19.8 Å². The molecule has 0 fully saturated rings. The van der Waals surface area contributed by atoms with Crippen LogP contribution in [-0.4, -0.2) is 47.4 Å². The number of ether oxygens (including phenoxy) is 1. The SMILES string of the molecule is CCCCCC/C=C\C/C=C\CCCCCCCC(=O)OCCCCCCCCCCCCCC/C=C\CCCCCCCCCCCCCCCCC(=O)NC(CO)C(O)/C=C/CCCCCCCCCCCCCCCCCCCCCC. The summed E-state index contributed by atoms with van der Waals surface area (Å²) >= 11 is 0. The molecule has 0 spiro atoms. The van der Waals surface area contributed by atoms with Crippen LogP contribution in [0, 0.1) is 0 Å². The van der Waals surface area contributed by atoms with E-state index in [4.69, 9.17) is 4.74 Å². The van der Waals surface area contributed by atoms with Crippen molar-refractivity contribution in [3.05, 3.63) is 48.6 Å². The summed E-state index contributed by atoms with van der Waals surface area (Å²) in [5, 5.41) is 23.3. The number of carbonyl (C=O) groups excluding carboxylic acids is 2. The highest BCUT2D eigenvalue weighted by Gasteiger charge is 2.18. The van der Waals surface area contributed by atoms with E-state index in [1.807, 2.05) is 6.08 Å². The molecule has 500 valence electrons. The van der Waals surface area contributed by atoms with Gasteiger partial charge < -0.3 is 20.3 Å². The van der Waals surface area contributed by atoms with Crippen LogP contribution in [0.2, 0.25) is 0 Å². The van der Waals surface area contributed by atoms with Crippen LogP contribution in [0.1, 0.15) is 418 Å². The Hall–Kier alpha value is -2.18. The van der Waals surface area contributed by atoms with Gasteiger partial charge in [0.25, 0.3) is 0 Å². The number of allylic oxidation sites excluding steroid dienone is 7. The summed E-state index contributed by atoms with van der Waals surface area (Å²) in [6, 6.07) is -0.629. The third-order valence-corrected chi connectivity index (χ3v) is 17.8. The largest absolute Gasteiger partial charge is 0.466 e. The van der Waals surface area contributed by atoms with E-state index >= 15 is 0 Å². The highest BCUT2D eigenvalue weighted by molar-refractivity contribution is 5.76. The topological polar surface area (TPSA) is 95.9 Å². The molecule has 6 heteroatoms. The molecule has 0 radical (unpaired) electrons. The van der Waals surface area contributed by atoms with E-state index in [1.54, 1.807) is 6.08 Å². The highest BCUT2D eigenvalue weighted by Crippen LogP contribution is 2.19. The molecule has 2 atom stereocenters. The number of aliphatic hydroxyl groups is 2. The van der Waals surface area contributed by atoms with Gasteiger partial charge in [-0.15, -0.1) is 0 Å². The third-order valence-electron chi connectivity index (χ3n) is 17.8. The lowest BCUT2D eigenvalue weighted by atomic mass is 10.0. The fraction of sp³-hybridized carbons (Fsp3) is 0.873. The summed E-state index contributed by atoms with van der Waals surface area (Å²) in [7, 11) is 0. The Morgan fingerprint density at radius 2 is 0.588 bits per heavy atom. The Bertz CT molecular complexity index is 1420. The molecule has 85 heavy (non-hydrogen) atoms. The second-order valence-electron chi connectivity index (χ2n) is 26.3. The minimum atomic E-state index is -0.845. The number of nitrogens with one attached hydrogen (secondary N) is 1. The summed E-state index contributed by atoms with van der Waals surface area (Å²) in [5.74, 6) is -0.0589. The summed E-state index contributed by atoms with van der Waals surface area (Å²) in [6.45, 7) is 4.92. The predicted octanol–water partition coefficient (Wildman–Crippen LogP) is 25.2. The van der Waals surface area contributed by atoms with Gasteiger partial charge in [-0.1, -0.05) is 364 Å². The zero-order valence-electron chi connectivity index (χ0n) is 57.4. The van der Waals surface area contributed by atoms with Crippen molar-refractivity contribution < 1.29 is 24.5 Å². The molecular weight excluding hydrogens is 1040 g/mol. The lowest BCUT2D eigenvalue weighted by molar-refractivity contribution is -0.143. The summed E-state index contributed by atoms with van der Waals surface area (Å²) in [4.78, 5) is 24.6. The van der Waals surface area contributed by atoms with Crippen LogP contribution in [0.15, 0.2) is 48.6 Å². The number of amides is 1. The van der Waals surface area contributed by atoms with E-state index in [2.05, 4.69) is 55.6 Å². The molecule has 1 amide bonds. The highest BCUT2D eigenvalue weighted by atomic mass is 16.5. The van der Waals surface area contributed by atoms with Crippen molar-refractivity contribution in [2.75, 3.05) is 13.2 Å². The van der Waals surface area contributed by atoms with Crippen molar-refractivity contribution in [2.24, 2.45) is 0 Å². The quantitative estimate of drug-likeness (QED) is 0.0320. The number of hydrogen-bond donors (Lipinski definition) is 3. The van der Waals surface area contributed by atoms with Crippen molar-refractivity contribution in [2.45, 2.75) is 431 Å². The van der Waals surface area contributed by atoms with E-state index in [0.29, 0.717) is 19.4 Å². The van der Waals surface area contributed by atoms with Crippen molar-refractivity contribution in [1.82, 2.24) is 5.32 Å². The van der Waals surface area contributed by atoms with Crippen LogP contribution in [-0.2, 0) is 14.3 Å². The van der Waals surface area contributed by atoms with Gasteiger partial charge in [0.1, 0.15) is 0 Å². The summed E-state index contributed by atoms with van der Waals surface area (Å²) < 4.78 is 5.49. The maximum atomic E-state index is 12.5. The van der Waals surface area contributed by atoms with Gasteiger partial charge in [-0.2, -0.15) is 0 Å². The van der Waals surface area contributed by atoms with E-state index < -0.39 is 12.1 Å². The van der Waals surface area contributed by atoms with Crippen molar-refractivity contribution in [3.63, 3.8) is 0 Å². The molecule has 0 aliphatic rings. The minimum absolute atomic E-state index is 0.00370. The van der Waals surface area contributed by atoms with Gasteiger partial charge in [-0.05, 0) is 89.9 Å². The van der Waals surface area contributed by atoms with E-state index in [-0.39, 0.29) is 18.5 Å². The molecule has 0 heterocycles. The van der Waals surface area contributed by atoms with Crippen LogP contribution >= 0.6 is 0 Å². The fourth-order valence-electron chi connectivity index (χ4n) is 12.0. The lowest BCUT2D eigenvalue weighted by Gasteiger charge is -2.20. The molecule has 0 aromatic carbocycles. The first-order valence-electron chi connectivity index (χ1n) is 38.4. The minimum Gasteiger partial charge on any atom is -0.466 e. The second-order valence-corrected chi connectivity index (χ2v) is 26.3. The normalized spacial score (nSPS) is 12.8. The first-order chi connectivity index (χ1) is 42.0. The standard InChI is InChI=1S/C79H149NO5/c1-3-5-7-9-11-13-15-17-19-21-22-23-34-37-40-43-47-51-55-59-63-67-71-77(82)76(75-81)80-78(83)72-68-64-60-56-52-48-44-41-38-35-32-30-28-26-24-25-27-29-31-33-36-39-42-46-50-54-58-62-66-70-74-85-79(84)73-69-65-61-57-53-49-45-20-18-16-14-12-10-8-6-4-2/h14,16,20,25,27,45,67,71,76-77,81-82H,3-13,15,17-19,21-24,26,28-44,46-66,68-70,72-75H2,1-2H3,(H,80,83)/b16-14-,27-25-,45-20-,71-67+. The zero-order valence-corrected chi connectivity index (χ0v) is 57.4. The molecular formula is C79H149NO5. The molecule has 0 aliphatic carbocycles. The molecule has 6 nitrogen and oxygen atoms in total. The summed E-state index contributed by atoms with van der Waals surface area (Å²) in [6.07, 6.45) is 97.9. The van der Waals surface area contributed by atoms with E-state index in [0.717, 1.165) is 51.4 Å². The predicted molar refractivity (Wildman–Crippen MR) is 375 cm³/mol. The fourth-order valence-corrected chi connectivity index (χ4v) is 12.0. The Balaban J connectivity index is 3.40. The lowest BCUT2D eigenvalue weighted by Crippen LogP contribution is -2.45. The van der Waals surface area contributed by atoms with Crippen LogP contribution in [0.5, 0.6) is 0 Å². The Morgan fingerprint density at radius 3 is 0.918 bits per heavy atom. The first kappa shape index (κ1) is 82.8. The third kappa shape index (κ3) is 70.8. The van der Waals surface area contributed by atoms with Crippen molar-refractivity contribution >= 4 is 11.9 Å². The molecule has 0 rings (SSSR count). The number of aliphatic hydroxyl groups excluding tert-OH is 2. The van der Waals surface area contributed by atoms with Gasteiger partial charge in [-0.25, -0.2) is 0 Å². The Morgan fingerprint density at radius 1 is 0.329 bits per heavy atom. The number of rotatable bonds is 72. The number of esters is 1. The number of unbranched alkanes of at least 4 members (excludes halogenated alkanes) is 55. The van der Waals surface area contributed by atoms with E-state index in [1.165, 1.54) is 340 Å². The molecule has 3 N–H and O–H groups in total. The van der Waals surface area contributed by atoms with Gasteiger partial charge in [0, 0.05) is 12.8 Å². The molecule has 0 aromatic rings. The Labute approximate surface area is 531 Å². The van der Waals surface area contributed by atoms with Gasteiger partial charge >= 0.3 is 5.97 Å². The van der Waals surface area contributed by atoms with Gasteiger partial charge in [-0.3, -0.25) is 9.59 Å². The maximum Gasteiger partial charge on any atom is 0.305 e. The second kappa shape index (κ2) is 74.3. The van der Waals surface area contributed by atoms with Crippen molar-refractivity contribution in [3.8, 4) is 0 Å². The van der Waals surface area contributed by atoms with Crippen LogP contribution < -0.4 is 5.32 Å². The average molecular weight is 1190 g/mol. The maximum absolute atomic E-state index is 12.5. The molecule has 0 aliphatic heterocycles. The van der Waals surface area contributed by atoms with Gasteiger partial charge in [0.2, 0.25) is 5.91 Å². The monoisotopic (exact) mass is 1190 g/mol. The molecule has 0 bridgehead atoms. The number of carbonyl (C=O) groups is 2. The van der Waals surface area contributed by atoms with Crippen LogP contribution in [0.3, 0.4) is 0 Å². The molecule has 2 unspecified atom stereocenters. The zero-order chi connectivity index (χ0) is 61.3.